The molecule has 0 nitrogen and oxygen atoms in total. The summed E-state index contributed by atoms with van der Waals surface area (Å²) in [7, 11) is 0. The van der Waals surface area contributed by atoms with Gasteiger partial charge in [-0.3, -0.25) is 0 Å². The van der Waals surface area contributed by atoms with Crippen molar-refractivity contribution >= 4 is 29.6 Å². The van der Waals surface area contributed by atoms with Crippen molar-refractivity contribution in [2.45, 2.75) is 38.0 Å². The normalized spacial score (nSPS) is 36.2. The Labute approximate surface area is 103 Å². The minimum atomic E-state index is -3.75. The van der Waals surface area contributed by atoms with Gasteiger partial charge in [-0.05, 0) is 31.1 Å². The maximum absolute atomic E-state index is 13.0. The Morgan fingerprint density at radius 2 is 1.71 bits per heavy atom. The van der Waals surface area contributed by atoms with E-state index in [-0.39, 0.29) is 35.5 Å². The van der Waals surface area contributed by atoms with Gasteiger partial charge in [-0.1, -0.05) is 6.42 Å². The van der Waals surface area contributed by atoms with Gasteiger partial charge in [0.1, 0.15) is 0 Å². The first-order valence-corrected chi connectivity index (χ1v) is 4.67. The molecule has 0 N–H and O–H groups in total. The third kappa shape index (κ3) is 1.98. The molecule has 2 aliphatic carbocycles. The van der Waals surface area contributed by atoms with Crippen LogP contribution in [0.4, 0.5) is 17.6 Å². The third-order valence-corrected chi connectivity index (χ3v) is 3.52. The number of rotatable bonds is 2. The number of halogens is 4. The van der Waals surface area contributed by atoms with Crippen LogP contribution in [0.15, 0.2) is 0 Å². The SMILES string of the molecule is FC(F)C(F)(F)C1CC2CCC1C2.[Na]. The molecule has 0 aromatic rings. The van der Waals surface area contributed by atoms with E-state index in [2.05, 4.69) is 0 Å². The molecule has 2 rings (SSSR count). The van der Waals surface area contributed by atoms with Crippen molar-refractivity contribution in [1.29, 1.82) is 0 Å². The second kappa shape index (κ2) is 4.30. The topological polar surface area (TPSA) is 0 Å². The molecule has 1 radical (unpaired) electrons. The van der Waals surface area contributed by atoms with E-state index < -0.39 is 18.3 Å². The molecule has 0 heterocycles. The van der Waals surface area contributed by atoms with Crippen molar-refractivity contribution in [2.24, 2.45) is 17.8 Å². The van der Waals surface area contributed by atoms with Gasteiger partial charge in [-0.25, -0.2) is 8.78 Å². The van der Waals surface area contributed by atoms with Gasteiger partial charge in [-0.2, -0.15) is 8.78 Å². The summed E-state index contributed by atoms with van der Waals surface area (Å²) in [6.45, 7) is 0. The summed E-state index contributed by atoms with van der Waals surface area (Å²) in [6.07, 6.45) is -0.760. The summed E-state index contributed by atoms with van der Waals surface area (Å²) in [5.41, 5.74) is 0. The Hall–Kier alpha value is 0.720. The molecular formula is C9H12F4Na. The molecule has 0 aromatic carbocycles. The number of hydrogen-bond donors (Lipinski definition) is 0. The fraction of sp³-hybridized carbons (Fsp3) is 1.00. The van der Waals surface area contributed by atoms with E-state index >= 15 is 0 Å². The van der Waals surface area contributed by atoms with Crippen molar-refractivity contribution in [3.8, 4) is 0 Å². The van der Waals surface area contributed by atoms with Crippen LogP contribution in [0.5, 0.6) is 0 Å². The predicted octanol–water partition coefficient (Wildman–Crippen LogP) is 2.94. The summed E-state index contributed by atoms with van der Waals surface area (Å²) in [4.78, 5) is 0. The molecule has 77 valence electrons. The van der Waals surface area contributed by atoms with Gasteiger partial charge in [0.15, 0.2) is 0 Å². The maximum atomic E-state index is 13.0. The van der Waals surface area contributed by atoms with Gasteiger partial charge in [0.2, 0.25) is 0 Å². The zero-order chi connectivity index (χ0) is 9.64. The van der Waals surface area contributed by atoms with Crippen molar-refractivity contribution in [1.82, 2.24) is 0 Å². The fourth-order valence-electron chi connectivity index (χ4n) is 2.88. The van der Waals surface area contributed by atoms with Crippen molar-refractivity contribution < 1.29 is 17.6 Å². The van der Waals surface area contributed by atoms with Gasteiger partial charge in [0, 0.05) is 35.5 Å². The van der Waals surface area contributed by atoms with Crippen LogP contribution < -0.4 is 0 Å². The van der Waals surface area contributed by atoms with Crippen molar-refractivity contribution in [2.75, 3.05) is 0 Å². The Balaban J connectivity index is 0.000000980. The summed E-state index contributed by atoms with van der Waals surface area (Å²) in [5, 5.41) is 0. The summed E-state index contributed by atoms with van der Waals surface area (Å²) < 4.78 is 50.0. The van der Waals surface area contributed by atoms with Gasteiger partial charge >= 0.3 is 12.3 Å². The average molecular weight is 219 g/mol. The van der Waals surface area contributed by atoms with E-state index in [1.807, 2.05) is 0 Å². The molecule has 2 saturated carbocycles. The molecule has 0 aromatic heterocycles. The van der Waals surface area contributed by atoms with Crippen LogP contribution in [0.3, 0.4) is 0 Å². The van der Waals surface area contributed by atoms with E-state index in [0.29, 0.717) is 12.3 Å². The minimum absolute atomic E-state index is 0. The molecule has 3 unspecified atom stereocenters. The Kier molecular flexibility index (Phi) is 3.93. The first-order chi connectivity index (χ1) is 6.01. The van der Waals surface area contributed by atoms with Crippen LogP contribution in [0.1, 0.15) is 25.7 Å². The summed E-state index contributed by atoms with van der Waals surface area (Å²) in [6, 6.07) is 0. The van der Waals surface area contributed by atoms with Crippen LogP contribution in [-0.2, 0) is 0 Å². The molecule has 2 aliphatic rings. The Morgan fingerprint density at radius 3 is 2.07 bits per heavy atom. The molecule has 0 saturated heterocycles. The zero-order valence-corrected chi connectivity index (χ0v) is 10.1. The standard InChI is InChI=1S/C9H12F4.Na/c10-8(11)9(12,13)7-4-5-1-2-6(7)3-5;/h5-8H,1-4H2;. The smallest absolute Gasteiger partial charge is 0.204 e. The molecule has 5 heteroatoms. The van der Waals surface area contributed by atoms with Crippen LogP contribution in [0, 0.1) is 17.8 Å². The van der Waals surface area contributed by atoms with E-state index in [1.165, 1.54) is 0 Å². The summed E-state index contributed by atoms with van der Waals surface area (Å²) >= 11 is 0. The quantitative estimate of drug-likeness (QED) is 0.494. The first-order valence-electron chi connectivity index (χ1n) is 4.67. The van der Waals surface area contributed by atoms with Crippen LogP contribution in [0.2, 0.25) is 0 Å². The Morgan fingerprint density at radius 1 is 1.07 bits per heavy atom. The molecule has 3 atom stereocenters. The van der Waals surface area contributed by atoms with Gasteiger partial charge < -0.3 is 0 Å². The fourth-order valence-corrected chi connectivity index (χ4v) is 2.88. The van der Waals surface area contributed by atoms with E-state index in [4.69, 9.17) is 0 Å². The van der Waals surface area contributed by atoms with E-state index in [0.717, 1.165) is 19.3 Å². The van der Waals surface area contributed by atoms with Crippen LogP contribution >= 0.6 is 0 Å². The van der Waals surface area contributed by atoms with Crippen LogP contribution in [-0.4, -0.2) is 41.9 Å². The largest absolute Gasteiger partial charge is 0.310 e. The maximum Gasteiger partial charge on any atom is 0.310 e. The minimum Gasteiger partial charge on any atom is -0.204 e. The third-order valence-electron chi connectivity index (χ3n) is 3.52. The van der Waals surface area contributed by atoms with Gasteiger partial charge in [-0.15, -0.1) is 0 Å². The molecule has 2 bridgehead atoms. The number of hydrogen-bond acceptors (Lipinski definition) is 0. The second-order valence-corrected chi connectivity index (χ2v) is 4.26. The Bertz CT molecular complexity index is 207. The predicted molar refractivity (Wildman–Crippen MR) is 45.6 cm³/mol. The van der Waals surface area contributed by atoms with Gasteiger partial charge in [0.25, 0.3) is 0 Å². The van der Waals surface area contributed by atoms with Crippen molar-refractivity contribution in [3.05, 3.63) is 0 Å². The van der Waals surface area contributed by atoms with Crippen LogP contribution in [0.25, 0.3) is 0 Å². The molecular weight excluding hydrogens is 207 g/mol. The molecule has 0 aliphatic heterocycles. The first kappa shape index (κ1) is 12.8. The second-order valence-electron chi connectivity index (χ2n) is 4.26. The monoisotopic (exact) mass is 219 g/mol. The molecule has 0 spiro atoms. The van der Waals surface area contributed by atoms with E-state index in [9.17, 15) is 17.6 Å². The zero-order valence-electron chi connectivity index (χ0n) is 8.15. The number of alkyl halides is 4. The average Bonchev–Trinajstić information content (AvgIpc) is 2.63. The van der Waals surface area contributed by atoms with E-state index in [1.54, 1.807) is 0 Å². The van der Waals surface area contributed by atoms with Gasteiger partial charge in [0.05, 0.1) is 0 Å². The molecule has 0 amide bonds. The summed E-state index contributed by atoms with van der Waals surface area (Å²) in [5.74, 6) is -4.65. The molecule has 14 heavy (non-hydrogen) atoms. The molecule has 2 fully saturated rings. The number of fused-ring (bicyclic) bond motifs is 2. The van der Waals surface area contributed by atoms with Crippen molar-refractivity contribution in [3.63, 3.8) is 0 Å².